The van der Waals surface area contributed by atoms with Gasteiger partial charge in [0.05, 0.1) is 0 Å². The molecule has 1 aromatic heterocycles. The fourth-order valence-corrected chi connectivity index (χ4v) is 3.18. The van der Waals surface area contributed by atoms with Gasteiger partial charge >= 0.3 is 5.97 Å². The van der Waals surface area contributed by atoms with Crippen LogP contribution in [0.1, 0.15) is 17.5 Å². The predicted octanol–water partition coefficient (Wildman–Crippen LogP) is 2.03. The Labute approximate surface area is 168 Å². The van der Waals surface area contributed by atoms with E-state index in [1.807, 2.05) is 54.6 Å². The van der Waals surface area contributed by atoms with Crippen LogP contribution in [-0.4, -0.2) is 40.5 Å². The van der Waals surface area contributed by atoms with E-state index in [1.54, 1.807) is 6.20 Å². The monoisotopic (exact) mass is 393 g/mol. The maximum Gasteiger partial charge on any atom is 0.322 e. The van der Waals surface area contributed by atoms with Crippen LogP contribution in [0.15, 0.2) is 60.8 Å². The molecule has 29 heavy (non-hydrogen) atoms. The number of amides is 2. The third-order valence-electron chi connectivity index (χ3n) is 4.65. The normalized spacial score (nSPS) is 11.7. The van der Waals surface area contributed by atoms with Crippen molar-refractivity contribution in [3.8, 4) is 0 Å². The number of carbonyl (C=O) groups is 3. The summed E-state index contributed by atoms with van der Waals surface area (Å²) in [6, 6.07) is 16.4. The Morgan fingerprint density at radius 1 is 1.00 bits per heavy atom. The fraction of sp³-hybridized carbons (Fsp3) is 0.227. The second-order valence-electron chi connectivity index (χ2n) is 6.78. The minimum Gasteiger partial charge on any atom is -0.480 e. The van der Waals surface area contributed by atoms with E-state index in [4.69, 9.17) is 5.11 Å². The number of fused-ring (bicyclic) bond motifs is 1. The molecule has 4 N–H and O–H groups in total. The van der Waals surface area contributed by atoms with Crippen molar-refractivity contribution in [1.82, 2.24) is 15.6 Å². The van der Waals surface area contributed by atoms with Crippen molar-refractivity contribution >= 4 is 28.7 Å². The molecular formula is C22H23N3O4. The largest absolute Gasteiger partial charge is 0.480 e. The smallest absolute Gasteiger partial charge is 0.322 e. The van der Waals surface area contributed by atoms with Gasteiger partial charge in [-0.25, -0.2) is 0 Å². The Balaban J connectivity index is 1.69. The number of rotatable bonds is 9. The summed E-state index contributed by atoms with van der Waals surface area (Å²) in [7, 11) is 0. The van der Waals surface area contributed by atoms with E-state index in [-0.39, 0.29) is 18.7 Å². The van der Waals surface area contributed by atoms with Crippen molar-refractivity contribution in [3.05, 3.63) is 71.9 Å². The lowest BCUT2D eigenvalue weighted by Crippen LogP contribution is -2.49. The van der Waals surface area contributed by atoms with E-state index in [1.165, 1.54) is 0 Å². The van der Waals surface area contributed by atoms with Gasteiger partial charge in [0, 0.05) is 29.9 Å². The molecule has 0 aliphatic heterocycles. The summed E-state index contributed by atoms with van der Waals surface area (Å²) in [4.78, 5) is 38.9. The van der Waals surface area contributed by atoms with Crippen molar-refractivity contribution in [2.75, 3.05) is 6.54 Å². The van der Waals surface area contributed by atoms with Crippen molar-refractivity contribution in [2.45, 2.75) is 25.3 Å². The highest BCUT2D eigenvalue weighted by atomic mass is 16.4. The summed E-state index contributed by atoms with van der Waals surface area (Å²) in [6.45, 7) is -0.497. The molecule has 0 aliphatic rings. The first-order valence-electron chi connectivity index (χ1n) is 9.40. The van der Waals surface area contributed by atoms with Gasteiger partial charge < -0.3 is 20.7 Å². The number of hydrogen-bond acceptors (Lipinski definition) is 3. The quantitative estimate of drug-likeness (QED) is 0.446. The molecule has 1 heterocycles. The third-order valence-corrected chi connectivity index (χ3v) is 4.65. The fourth-order valence-electron chi connectivity index (χ4n) is 3.18. The number of nitrogens with one attached hydrogen (secondary N) is 3. The molecule has 0 aliphatic carbocycles. The van der Waals surface area contributed by atoms with Crippen LogP contribution in [0.2, 0.25) is 0 Å². The zero-order valence-corrected chi connectivity index (χ0v) is 15.9. The van der Waals surface area contributed by atoms with E-state index in [2.05, 4.69) is 15.6 Å². The molecular weight excluding hydrogens is 370 g/mol. The van der Waals surface area contributed by atoms with Crippen LogP contribution in [-0.2, 0) is 27.2 Å². The first-order chi connectivity index (χ1) is 14.0. The van der Waals surface area contributed by atoms with Crippen LogP contribution >= 0.6 is 0 Å². The molecule has 2 amide bonds. The molecule has 0 unspecified atom stereocenters. The number of benzene rings is 2. The average Bonchev–Trinajstić information content (AvgIpc) is 3.13. The number of H-pyrrole nitrogens is 1. The molecule has 0 radical (unpaired) electrons. The van der Waals surface area contributed by atoms with Gasteiger partial charge in [-0.15, -0.1) is 0 Å². The van der Waals surface area contributed by atoms with Gasteiger partial charge in [0.2, 0.25) is 11.8 Å². The van der Waals surface area contributed by atoms with E-state index in [0.717, 1.165) is 22.0 Å². The second kappa shape index (κ2) is 9.54. The summed E-state index contributed by atoms with van der Waals surface area (Å²) >= 11 is 0. The summed E-state index contributed by atoms with van der Waals surface area (Å²) in [5.41, 5.74) is 2.84. The maximum atomic E-state index is 12.5. The Kier molecular flexibility index (Phi) is 6.63. The van der Waals surface area contributed by atoms with Gasteiger partial charge in [-0.3, -0.25) is 14.4 Å². The van der Waals surface area contributed by atoms with Crippen LogP contribution in [0, 0.1) is 0 Å². The van der Waals surface area contributed by atoms with Crippen LogP contribution in [0.5, 0.6) is 0 Å². The molecule has 3 rings (SSSR count). The lowest BCUT2D eigenvalue weighted by Gasteiger charge is -2.18. The molecule has 150 valence electrons. The predicted molar refractivity (Wildman–Crippen MR) is 109 cm³/mol. The first-order valence-corrected chi connectivity index (χ1v) is 9.40. The lowest BCUT2D eigenvalue weighted by atomic mass is 10.0. The molecule has 1 atom stereocenters. The second-order valence-corrected chi connectivity index (χ2v) is 6.78. The molecule has 7 heteroatoms. The number of carboxylic acid groups (broad SMARTS) is 1. The number of hydrogen-bond donors (Lipinski definition) is 4. The zero-order chi connectivity index (χ0) is 20.6. The number of aromatic amines is 1. The van der Waals surface area contributed by atoms with Crippen molar-refractivity contribution in [1.29, 1.82) is 0 Å². The topological polar surface area (TPSA) is 111 Å². The highest BCUT2D eigenvalue weighted by Gasteiger charge is 2.23. The summed E-state index contributed by atoms with van der Waals surface area (Å²) < 4.78 is 0. The van der Waals surface area contributed by atoms with E-state index >= 15 is 0 Å². The van der Waals surface area contributed by atoms with E-state index in [0.29, 0.717) is 6.42 Å². The molecule has 0 saturated carbocycles. The van der Waals surface area contributed by atoms with Crippen molar-refractivity contribution < 1.29 is 19.5 Å². The molecule has 0 fully saturated rings. The van der Waals surface area contributed by atoms with Gasteiger partial charge in [-0.05, 0) is 23.6 Å². The SMILES string of the molecule is O=C(O)CNC(=O)[C@H](Cc1c[nH]c2ccccc12)NC(=O)CCc1ccccc1. The minimum absolute atomic E-state index is 0.237. The average molecular weight is 393 g/mol. The number of carbonyl (C=O) groups excluding carboxylic acids is 2. The van der Waals surface area contributed by atoms with Crippen LogP contribution < -0.4 is 10.6 Å². The standard InChI is InChI=1S/C22H23N3O4/c26-20(11-10-15-6-2-1-3-7-15)25-19(22(29)24-14-21(27)28)12-16-13-23-18-9-5-4-8-17(16)18/h1-9,13,19,23H,10-12,14H2,(H,24,29)(H,25,26)(H,27,28)/t19-/m0/s1. The molecule has 0 spiro atoms. The number of aromatic nitrogens is 1. The molecule has 2 aromatic carbocycles. The molecule has 0 saturated heterocycles. The lowest BCUT2D eigenvalue weighted by molar-refractivity contribution is -0.138. The Morgan fingerprint density at radius 2 is 1.72 bits per heavy atom. The minimum atomic E-state index is -1.14. The Hall–Kier alpha value is -3.61. The summed E-state index contributed by atoms with van der Waals surface area (Å²) in [5.74, 6) is -1.92. The Morgan fingerprint density at radius 3 is 2.48 bits per heavy atom. The zero-order valence-electron chi connectivity index (χ0n) is 15.9. The van der Waals surface area contributed by atoms with E-state index < -0.39 is 24.5 Å². The summed E-state index contributed by atoms with van der Waals surface area (Å²) in [6.07, 6.45) is 2.86. The number of aryl methyl sites for hydroxylation is 1. The molecule has 3 aromatic rings. The van der Waals surface area contributed by atoms with Crippen LogP contribution in [0.25, 0.3) is 10.9 Å². The molecule has 0 bridgehead atoms. The van der Waals surface area contributed by atoms with Crippen LogP contribution in [0.4, 0.5) is 0 Å². The van der Waals surface area contributed by atoms with Gasteiger partial charge in [0.1, 0.15) is 12.6 Å². The van der Waals surface area contributed by atoms with Crippen LogP contribution in [0.3, 0.4) is 0 Å². The van der Waals surface area contributed by atoms with Gasteiger partial charge in [-0.1, -0.05) is 48.5 Å². The van der Waals surface area contributed by atoms with Crippen molar-refractivity contribution in [3.63, 3.8) is 0 Å². The summed E-state index contributed by atoms with van der Waals surface area (Å²) in [5, 5.41) is 14.9. The first kappa shape index (κ1) is 20.1. The highest BCUT2D eigenvalue weighted by molar-refractivity contribution is 5.91. The maximum absolute atomic E-state index is 12.5. The van der Waals surface area contributed by atoms with E-state index in [9.17, 15) is 14.4 Å². The Bertz CT molecular complexity index is 997. The van der Waals surface area contributed by atoms with Gasteiger partial charge in [0.25, 0.3) is 0 Å². The van der Waals surface area contributed by atoms with Gasteiger partial charge in [-0.2, -0.15) is 0 Å². The molecule has 7 nitrogen and oxygen atoms in total. The number of para-hydroxylation sites is 1. The van der Waals surface area contributed by atoms with Gasteiger partial charge in [0.15, 0.2) is 0 Å². The number of aliphatic carboxylic acids is 1. The van der Waals surface area contributed by atoms with Crippen molar-refractivity contribution in [2.24, 2.45) is 0 Å². The number of carboxylic acids is 1. The highest BCUT2D eigenvalue weighted by Crippen LogP contribution is 2.19. The third kappa shape index (κ3) is 5.68.